The SMILES string of the molecule is CCCC[N+](C)(CCCC(=O)C=CNC)CCCC(=O)C=CNC.[I-]. The molecule has 146 valence electrons. The molecule has 0 unspecified atom stereocenters. The minimum absolute atomic E-state index is 0. The molecule has 0 heterocycles. The van der Waals surface area contributed by atoms with Crippen molar-refractivity contribution in [2.24, 2.45) is 0 Å². The van der Waals surface area contributed by atoms with Gasteiger partial charge in [0.2, 0.25) is 0 Å². The summed E-state index contributed by atoms with van der Waals surface area (Å²) in [5, 5.41) is 5.68. The summed E-state index contributed by atoms with van der Waals surface area (Å²) in [7, 11) is 5.82. The third-order valence-electron chi connectivity index (χ3n) is 4.17. The molecule has 0 aromatic rings. The summed E-state index contributed by atoms with van der Waals surface area (Å²) in [6, 6.07) is 0. The van der Waals surface area contributed by atoms with Crippen LogP contribution in [0, 0.1) is 0 Å². The Morgan fingerprint density at radius 1 is 0.840 bits per heavy atom. The van der Waals surface area contributed by atoms with Crippen LogP contribution in [0.2, 0.25) is 0 Å². The molecule has 0 fully saturated rings. The normalized spacial score (nSPS) is 13.4. The number of unbranched alkanes of at least 4 members (excludes halogenated alkanes) is 1. The molecule has 5 nitrogen and oxygen atoms in total. The second kappa shape index (κ2) is 16.6. The molecular formula is C19H36IN3O2. The van der Waals surface area contributed by atoms with Gasteiger partial charge in [0.15, 0.2) is 11.6 Å². The summed E-state index contributed by atoms with van der Waals surface area (Å²) in [4.78, 5) is 23.4. The standard InChI is InChI=1S/C19H35N3O2.HI/c1-5-6-15-22(4,16-7-9-18(23)11-13-20-2)17-8-10-19(24)12-14-21-3;/h11-14H,5-10,15-17H2,1-4H3,(H-,20,21,23,24);1H. The van der Waals surface area contributed by atoms with Gasteiger partial charge in [0.1, 0.15) is 0 Å². The monoisotopic (exact) mass is 465 g/mol. The molecule has 0 saturated carbocycles. The number of halogens is 1. The highest BCUT2D eigenvalue weighted by Crippen LogP contribution is 2.12. The molecule has 0 aliphatic carbocycles. The average molecular weight is 465 g/mol. The molecule has 6 heteroatoms. The van der Waals surface area contributed by atoms with Gasteiger partial charge in [-0.05, 0) is 31.0 Å². The summed E-state index contributed by atoms with van der Waals surface area (Å²) in [5.74, 6) is 0.331. The van der Waals surface area contributed by atoms with Gasteiger partial charge in [-0.3, -0.25) is 9.59 Å². The Balaban J connectivity index is 0. The molecule has 0 radical (unpaired) electrons. The number of allylic oxidation sites excluding steroid dienone is 2. The molecule has 0 bridgehead atoms. The minimum Gasteiger partial charge on any atom is -1.00 e. The first kappa shape index (κ1) is 26.3. The van der Waals surface area contributed by atoms with Crippen molar-refractivity contribution in [1.29, 1.82) is 0 Å². The van der Waals surface area contributed by atoms with E-state index in [9.17, 15) is 9.59 Å². The largest absolute Gasteiger partial charge is 1.00 e. The maximum absolute atomic E-state index is 11.7. The van der Waals surface area contributed by atoms with Crippen LogP contribution < -0.4 is 34.6 Å². The number of hydrogen-bond donors (Lipinski definition) is 2. The van der Waals surface area contributed by atoms with Crippen molar-refractivity contribution in [3.05, 3.63) is 24.6 Å². The molecule has 0 aromatic heterocycles. The van der Waals surface area contributed by atoms with Gasteiger partial charge in [0, 0.05) is 39.8 Å². The lowest BCUT2D eigenvalue weighted by Gasteiger charge is -2.34. The molecule has 25 heavy (non-hydrogen) atoms. The zero-order chi connectivity index (χ0) is 18.3. The Bertz CT molecular complexity index is 391. The maximum atomic E-state index is 11.7. The van der Waals surface area contributed by atoms with Gasteiger partial charge in [-0.25, -0.2) is 0 Å². The van der Waals surface area contributed by atoms with E-state index >= 15 is 0 Å². The Kier molecular flexibility index (Phi) is 17.5. The summed E-state index contributed by atoms with van der Waals surface area (Å²) >= 11 is 0. The van der Waals surface area contributed by atoms with Crippen LogP contribution in [-0.2, 0) is 9.59 Å². The lowest BCUT2D eigenvalue weighted by molar-refractivity contribution is -0.910. The van der Waals surface area contributed by atoms with Crippen LogP contribution in [0.1, 0.15) is 45.4 Å². The summed E-state index contributed by atoms with van der Waals surface area (Å²) in [5.41, 5.74) is 0. The number of hydrogen-bond acceptors (Lipinski definition) is 4. The van der Waals surface area contributed by atoms with Crippen molar-refractivity contribution in [3.63, 3.8) is 0 Å². The first-order valence-corrected chi connectivity index (χ1v) is 9.04. The number of nitrogens with zero attached hydrogens (tertiary/aromatic N) is 1. The van der Waals surface area contributed by atoms with E-state index in [1.54, 1.807) is 38.6 Å². The van der Waals surface area contributed by atoms with E-state index in [1.807, 2.05) is 0 Å². The van der Waals surface area contributed by atoms with E-state index in [0.717, 1.165) is 37.0 Å². The molecule has 0 saturated heterocycles. The molecule has 0 atom stereocenters. The Labute approximate surface area is 170 Å². The third kappa shape index (κ3) is 15.1. The highest BCUT2D eigenvalue weighted by atomic mass is 127. The van der Waals surface area contributed by atoms with Crippen LogP contribution in [0.3, 0.4) is 0 Å². The number of carbonyl (C=O) groups is 2. The maximum Gasteiger partial charge on any atom is 0.157 e. The number of carbonyl (C=O) groups excluding carboxylic acids is 2. The fourth-order valence-electron chi connectivity index (χ4n) is 2.66. The van der Waals surface area contributed by atoms with Crippen LogP contribution in [0.25, 0.3) is 0 Å². The van der Waals surface area contributed by atoms with Gasteiger partial charge in [-0.1, -0.05) is 13.3 Å². The molecule has 0 spiro atoms. The molecule has 0 aromatic carbocycles. The molecule has 2 N–H and O–H groups in total. The fraction of sp³-hybridized carbons (Fsp3) is 0.684. The number of quaternary nitrogens is 1. The lowest BCUT2D eigenvalue weighted by atomic mass is 10.1. The van der Waals surface area contributed by atoms with E-state index in [0.29, 0.717) is 12.8 Å². The predicted octanol–water partition coefficient (Wildman–Crippen LogP) is -0.598. The highest BCUT2D eigenvalue weighted by Gasteiger charge is 2.20. The van der Waals surface area contributed by atoms with Gasteiger partial charge in [0.05, 0.1) is 26.7 Å². The second-order valence-corrected chi connectivity index (χ2v) is 6.53. The summed E-state index contributed by atoms with van der Waals surface area (Å²) in [6.45, 7) is 5.28. The number of ketones is 2. The average Bonchev–Trinajstić information content (AvgIpc) is 2.56. The lowest BCUT2D eigenvalue weighted by Crippen LogP contribution is -3.00. The highest BCUT2D eigenvalue weighted by molar-refractivity contribution is 5.89. The van der Waals surface area contributed by atoms with Gasteiger partial charge >= 0.3 is 0 Å². The van der Waals surface area contributed by atoms with E-state index in [-0.39, 0.29) is 35.5 Å². The van der Waals surface area contributed by atoms with Crippen molar-refractivity contribution < 1.29 is 38.0 Å². The molecule has 0 aliphatic rings. The number of nitrogens with one attached hydrogen (secondary N) is 2. The van der Waals surface area contributed by atoms with Crippen molar-refractivity contribution in [3.8, 4) is 0 Å². The first-order chi connectivity index (χ1) is 11.5. The van der Waals surface area contributed by atoms with E-state index in [4.69, 9.17) is 0 Å². The Morgan fingerprint density at radius 3 is 1.60 bits per heavy atom. The zero-order valence-electron chi connectivity index (χ0n) is 16.3. The van der Waals surface area contributed by atoms with Gasteiger partial charge in [-0.2, -0.15) is 0 Å². The van der Waals surface area contributed by atoms with E-state index in [1.165, 1.54) is 12.8 Å². The van der Waals surface area contributed by atoms with E-state index in [2.05, 4.69) is 24.6 Å². The van der Waals surface area contributed by atoms with Crippen LogP contribution in [0.5, 0.6) is 0 Å². The second-order valence-electron chi connectivity index (χ2n) is 6.53. The minimum atomic E-state index is 0. The van der Waals surface area contributed by atoms with Crippen molar-refractivity contribution in [1.82, 2.24) is 10.6 Å². The van der Waals surface area contributed by atoms with Gasteiger partial charge in [0.25, 0.3) is 0 Å². The van der Waals surface area contributed by atoms with Crippen molar-refractivity contribution in [2.45, 2.75) is 45.4 Å². The van der Waals surface area contributed by atoms with Crippen LogP contribution in [-0.4, -0.2) is 56.8 Å². The quantitative estimate of drug-likeness (QED) is 0.193. The molecule has 0 rings (SSSR count). The summed E-state index contributed by atoms with van der Waals surface area (Å²) in [6.07, 6.45) is 11.9. The van der Waals surface area contributed by atoms with Crippen LogP contribution in [0.4, 0.5) is 0 Å². The fourth-order valence-corrected chi connectivity index (χ4v) is 2.66. The van der Waals surface area contributed by atoms with E-state index < -0.39 is 0 Å². The van der Waals surface area contributed by atoms with Crippen molar-refractivity contribution >= 4 is 11.6 Å². The van der Waals surface area contributed by atoms with Crippen LogP contribution >= 0.6 is 0 Å². The van der Waals surface area contributed by atoms with Crippen molar-refractivity contribution in [2.75, 3.05) is 40.8 Å². The molecule has 0 aliphatic heterocycles. The van der Waals surface area contributed by atoms with Gasteiger partial charge < -0.3 is 39.1 Å². The Morgan fingerprint density at radius 2 is 1.24 bits per heavy atom. The van der Waals surface area contributed by atoms with Gasteiger partial charge in [-0.15, -0.1) is 0 Å². The predicted molar refractivity (Wildman–Crippen MR) is 101 cm³/mol. The van der Waals surface area contributed by atoms with Crippen LogP contribution in [0.15, 0.2) is 24.6 Å². The number of rotatable bonds is 15. The third-order valence-corrected chi connectivity index (χ3v) is 4.17. The topological polar surface area (TPSA) is 58.2 Å². The molecule has 0 amide bonds. The smallest absolute Gasteiger partial charge is 0.157 e. The summed E-state index contributed by atoms with van der Waals surface area (Å²) < 4.78 is 0.944. The first-order valence-electron chi connectivity index (χ1n) is 9.04. The Hall–Kier alpha value is -0.890. The molecular weight excluding hydrogens is 429 g/mol. The zero-order valence-corrected chi connectivity index (χ0v) is 18.5.